The second-order valence-electron chi connectivity index (χ2n) is 3.74. The summed E-state index contributed by atoms with van der Waals surface area (Å²) >= 11 is 0. The molecule has 0 aromatic heterocycles. The van der Waals surface area contributed by atoms with Crippen LogP contribution >= 0.6 is 0 Å². The molecule has 0 saturated carbocycles. The monoisotopic (exact) mass is 213 g/mol. The summed E-state index contributed by atoms with van der Waals surface area (Å²) < 4.78 is 30.9. The molecule has 1 aliphatic heterocycles. The van der Waals surface area contributed by atoms with E-state index in [0.29, 0.717) is 12.3 Å². The maximum Gasteiger partial charge on any atom is 0.160 e. The molecule has 82 valence electrons. The molecule has 1 aromatic carbocycles. The maximum atomic E-state index is 12.9. The van der Waals surface area contributed by atoms with Crippen LogP contribution in [-0.2, 0) is 4.74 Å². The highest BCUT2D eigenvalue weighted by Gasteiger charge is 2.23. The molecule has 1 N–H and O–H groups in total. The Bertz CT molecular complexity index is 356. The zero-order chi connectivity index (χ0) is 10.8. The number of rotatable bonds is 2. The Kier molecular flexibility index (Phi) is 2.86. The molecule has 0 aliphatic carbocycles. The van der Waals surface area contributed by atoms with Crippen LogP contribution in [0.25, 0.3) is 0 Å². The number of hydrogen-bond donors (Lipinski definition) is 1. The summed E-state index contributed by atoms with van der Waals surface area (Å²) in [6.45, 7) is 2.67. The Balaban J connectivity index is 2.07. The highest BCUT2D eigenvalue weighted by molar-refractivity contribution is 5.44. The number of nitrogens with one attached hydrogen (secondary N) is 1. The molecule has 15 heavy (non-hydrogen) atoms. The predicted octanol–water partition coefficient (Wildman–Crippen LogP) is 2.55. The van der Waals surface area contributed by atoms with E-state index < -0.39 is 11.6 Å². The zero-order valence-electron chi connectivity index (χ0n) is 8.47. The summed E-state index contributed by atoms with van der Waals surface area (Å²) in [5.41, 5.74) is 0.594. The number of anilines is 1. The van der Waals surface area contributed by atoms with Crippen LogP contribution in [0.3, 0.4) is 0 Å². The van der Waals surface area contributed by atoms with E-state index in [1.165, 1.54) is 12.1 Å². The van der Waals surface area contributed by atoms with Gasteiger partial charge in [-0.15, -0.1) is 0 Å². The second-order valence-corrected chi connectivity index (χ2v) is 3.74. The average Bonchev–Trinajstić information content (AvgIpc) is 2.59. The van der Waals surface area contributed by atoms with Gasteiger partial charge in [0.05, 0.1) is 12.1 Å². The number of halogens is 2. The molecule has 4 heteroatoms. The van der Waals surface area contributed by atoms with E-state index in [1.807, 2.05) is 6.92 Å². The maximum absolute atomic E-state index is 12.9. The number of hydrogen-bond acceptors (Lipinski definition) is 2. The van der Waals surface area contributed by atoms with Crippen molar-refractivity contribution in [3.05, 3.63) is 29.8 Å². The van der Waals surface area contributed by atoms with Crippen molar-refractivity contribution >= 4 is 5.69 Å². The van der Waals surface area contributed by atoms with Crippen LogP contribution in [0.5, 0.6) is 0 Å². The van der Waals surface area contributed by atoms with E-state index in [9.17, 15) is 8.78 Å². The van der Waals surface area contributed by atoms with Gasteiger partial charge in [-0.1, -0.05) is 0 Å². The third-order valence-electron chi connectivity index (χ3n) is 2.65. The lowest BCUT2D eigenvalue weighted by Gasteiger charge is -2.17. The first-order chi connectivity index (χ1) is 7.16. The molecule has 2 nitrogen and oxygen atoms in total. The van der Waals surface area contributed by atoms with E-state index in [2.05, 4.69) is 5.32 Å². The van der Waals surface area contributed by atoms with Crippen LogP contribution in [0.2, 0.25) is 0 Å². The van der Waals surface area contributed by atoms with E-state index in [1.54, 1.807) is 0 Å². The van der Waals surface area contributed by atoms with Crippen molar-refractivity contribution in [1.82, 2.24) is 0 Å². The van der Waals surface area contributed by atoms with Gasteiger partial charge >= 0.3 is 0 Å². The molecular formula is C11H13F2NO. The SMILES string of the molecule is C[C@H]1OCC[C@@H]1Nc1ccc(F)c(F)c1. The van der Waals surface area contributed by atoms with Crippen LogP contribution < -0.4 is 5.32 Å². The van der Waals surface area contributed by atoms with E-state index >= 15 is 0 Å². The van der Waals surface area contributed by atoms with Gasteiger partial charge in [0.2, 0.25) is 0 Å². The molecule has 2 atom stereocenters. The summed E-state index contributed by atoms with van der Waals surface area (Å²) in [4.78, 5) is 0. The Morgan fingerprint density at radius 3 is 2.73 bits per heavy atom. The minimum absolute atomic E-state index is 0.109. The summed E-state index contributed by atoms with van der Waals surface area (Å²) in [6, 6.07) is 4.00. The lowest BCUT2D eigenvalue weighted by Crippen LogP contribution is -2.26. The molecule has 0 bridgehead atoms. The Hall–Kier alpha value is -1.16. The standard InChI is InChI=1S/C11H13F2NO/c1-7-11(4-5-15-7)14-8-2-3-9(12)10(13)6-8/h2-3,6-7,11,14H,4-5H2,1H3/t7-,11+/m1/s1. The largest absolute Gasteiger partial charge is 0.380 e. The van der Waals surface area contributed by atoms with Crippen LogP contribution in [-0.4, -0.2) is 18.8 Å². The third kappa shape index (κ3) is 2.26. The third-order valence-corrected chi connectivity index (χ3v) is 2.65. The predicted molar refractivity (Wildman–Crippen MR) is 53.8 cm³/mol. The Morgan fingerprint density at radius 2 is 2.13 bits per heavy atom. The molecule has 0 radical (unpaired) electrons. The van der Waals surface area contributed by atoms with Crippen molar-refractivity contribution in [3.63, 3.8) is 0 Å². The molecule has 0 unspecified atom stereocenters. The Labute approximate surface area is 87.2 Å². The molecule has 1 aliphatic rings. The summed E-state index contributed by atoms with van der Waals surface area (Å²) in [5.74, 6) is -1.65. The van der Waals surface area contributed by atoms with Crippen molar-refractivity contribution in [1.29, 1.82) is 0 Å². The fourth-order valence-electron chi connectivity index (χ4n) is 1.72. The molecule has 0 amide bonds. The van der Waals surface area contributed by atoms with Crippen molar-refractivity contribution in [2.75, 3.05) is 11.9 Å². The molecule has 0 spiro atoms. The smallest absolute Gasteiger partial charge is 0.160 e. The molecule has 1 heterocycles. The minimum Gasteiger partial charge on any atom is -0.380 e. The summed E-state index contributed by atoms with van der Waals surface area (Å²) in [5, 5.41) is 3.13. The summed E-state index contributed by atoms with van der Waals surface area (Å²) in [7, 11) is 0. The van der Waals surface area contributed by atoms with Gasteiger partial charge in [-0.2, -0.15) is 0 Å². The summed E-state index contributed by atoms with van der Waals surface area (Å²) in [6.07, 6.45) is 0.998. The van der Waals surface area contributed by atoms with Crippen LogP contribution in [0, 0.1) is 11.6 Å². The molecule has 1 fully saturated rings. The van der Waals surface area contributed by atoms with Gasteiger partial charge < -0.3 is 10.1 Å². The topological polar surface area (TPSA) is 21.3 Å². The van der Waals surface area contributed by atoms with E-state index in [-0.39, 0.29) is 12.1 Å². The lowest BCUT2D eigenvalue weighted by atomic mass is 10.1. The van der Waals surface area contributed by atoms with Crippen molar-refractivity contribution < 1.29 is 13.5 Å². The van der Waals surface area contributed by atoms with Crippen LogP contribution in [0.15, 0.2) is 18.2 Å². The van der Waals surface area contributed by atoms with Crippen molar-refractivity contribution in [2.45, 2.75) is 25.5 Å². The normalized spacial score (nSPS) is 25.5. The number of benzene rings is 1. The zero-order valence-corrected chi connectivity index (χ0v) is 8.47. The highest BCUT2D eigenvalue weighted by atomic mass is 19.2. The highest BCUT2D eigenvalue weighted by Crippen LogP contribution is 2.20. The van der Waals surface area contributed by atoms with Crippen LogP contribution in [0.4, 0.5) is 14.5 Å². The average molecular weight is 213 g/mol. The van der Waals surface area contributed by atoms with Crippen molar-refractivity contribution in [3.8, 4) is 0 Å². The molecule has 1 saturated heterocycles. The fraction of sp³-hybridized carbons (Fsp3) is 0.455. The first kappa shape index (κ1) is 10.4. The molecule has 1 aromatic rings. The Morgan fingerprint density at radius 1 is 1.33 bits per heavy atom. The van der Waals surface area contributed by atoms with Gasteiger partial charge in [0, 0.05) is 18.4 Å². The lowest BCUT2D eigenvalue weighted by molar-refractivity contribution is 0.121. The van der Waals surface area contributed by atoms with Crippen LogP contribution in [0.1, 0.15) is 13.3 Å². The van der Waals surface area contributed by atoms with Crippen molar-refractivity contribution in [2.24, 2.45) is 0 Å². The van der Waals surface area contributed by atoms with Gasteiger partial charge in [-0.25, -0.2) is 8.78 Å². The quantitative estimate of drug-likeness (QED) is 0.815. The van der Waals surface area contributed by atoms with Gasteiger partial charge in [0.15, 0.2) is 11.6 Å². The molecule has 2 rings (SSSR count). The van der Waals surface area contributed by atoms with Gasteiger partial charge in [-0.05, 0) is 25.5 Å². The molecular weight excluding hydrogens is 200 g/mol. The number of ether oxygens (including phenoxy) is 1. The van der Waals surface area contributed by atoms with Gasteiger partial charge in [-0.3, -0.25) is 0 Å². The van der Waals surface area contributed by atoms with Gasteiger partial charge in [0.25, 0.3) is 0 Å². The fourth-order valence-corrected chi connectivity index (χ4v) is 1.72. The first-order valence-electron chi connectivity index (χ1n) is 5.00. The first-order valence-corrected chi connectivity index (χ1v) is 5.00. The van der Waals surface area contributed by atoms with E-state index in [4.69, 9.17) is 4.74 Å². The second kappa shape index (κ2) is 4.14. The minimum atomic E-state index is -0.827. The van der Waals surface area contributed by atoms with Gasteiger partial charge in [0.1, 0.15) is 0 Å². The van der Waals surface area contributed by atoms with E-state index in [0.717, 1.165) is 12.5 Å².